The first-order valence-corrected chi connectivity index (χ1v) is 8.78. The molecule has 0 bridgehead atoms. The van der Waals surface area contributed by atoms with Crippen LogP contribution < -0.4 is 4.74 Å². The Kier molecular flexibility index (Phi) is 4.64. The number of carbonyl (C=O) groups excluding carboxylic acids is 2. The Morgan fingerprint density at radius 2 is 2.19 bits per heavy atom. The Morgan fingerprint density at radius 1 is 1.46 bits per heavy atom. The Bertz CT molecular complexity index is 842. The van der Waals surface area contributed by atoms with E-state index in [1.807, 2.05) is 32.0 Å². The van der Waals surface area contributed by atoms with Crippen molar-refractivity contribution in [3.63, 3.8) is 0 Å². The van der Waals surface area contributed by atoms with Crippen molar-refractivity contribution in [2.24, 2.45) is 5.92 Å². The molecule has 1 fully saturated rings. The minimum absolute atomic E-state index is 0.00507. The quantitative estimate of drug-likeness (QED) is 0.884. The van der Waals surface area contributed by atoms with Crippen molar-refractivity contribution in [1.82, 2.24) is 19.8 Å². The number of likely N-dealkylation sites (tertiary alicyclic amines) is 1. The number of nitrogens with zero attached hydrogens (tertiary/aromatic N) is 3. The van der Waals surface area contributed by atoms with E-state index in [-0.39, 0.29) is 24.2 Å². The van der Waals surface area contributed by atoms with Gasteiger partial charge in [-0.3, -0.25) is 9.59 Å². The molecule has 1 N–H and O–H groups in total. The molecular formula is C19H26N4O3. The van der Waals surface area contributed by atoms with E-state index in [4.69, 9.17) is 4.74 Å². The summed E-state index contributed by atoms with van der Waals surface area (Å²) in [6.45, 7) is 4.43. The minimum atomic E-state index is -0.460. The molecule has 0 aliphatic carbocycles. The average molecular weight is 358 g/mol. The normalized spacial score (nSPS) is 19.2. The highest BCUT2D eigenvalue weighted by molar-refractivity contribution is 5.90. The Balaban J connectivity index is 1.66. The average Bonchev–Trinajstić information content (AvgIpc) is 3.12. The Hall–Kier alpha value is -2.57. The summed E-state index contributed by atoms with van der Waals surface area (Å²) in [6, 6.07) is 5.69. The van der Waals surface area contributed by atoms with Crippen LogP contribution in [0.3, 0.4) is 0 Å². The van der Waals surface area contributed by atoms with E-state index < -0.39 is 5.54 Å². The molecule has 26 heavy (non-hydrogen) atoms. The van der Waals surface area contributed by atoms with Gasteiger partial charge in [-0.2, -0.15) is 0 Å². The molecule has 7 heteroatoms. The molecule has 0 spiro atoms. The molecule has 1 saturated heterocycles. The van der Waals surface area contributed by atoms with Crippen LogP contribution in [0.25, 0.3) is 11.0 Å². The third-order valence-corrected chi connectivity index (χ3v) is 5.57. The SMILES string of the molecule is COc1ccc2nc(CCN(C)C(=O)[C@H]3CC(=O)N(C)C3(C)C)[nH]c2c1. The lowest BCUT2D eigenvalue weighted by atomic mass is 9.87. The van der Waals surface area contributed by atoms with Crippen LogP contribution in [-0.4, -0.2) is 64.9 Å². The molecule has 1 aliphatic heterocycles. The number of rotatable bonds is 5. The lowest BCUT2D eigenvalue weighted by molar-refractivity contribution is -0.136. The lowest BCUT2D eigenvalue weighted by Gasteiger charge is -2.34. The van der Waals surface area contributed by atoms with E-state index in [2.05, 4.69) is 9.97 Å². The van der Waals surface area contributed by atoms with Crippen molar-refractivity contribution in [1.29, 1.82) is 0 Å². The number of fused-ring (bicyclic) bond motifs is 1. The number of likely N-dealkylation sites (N-methyl/N-ethyl adjacent to an activating group) is 1. The van der Waals surface area contributed by atoms with Gasteiger partial charge in [-0.25, -0.2) is 4.98 Å². The molecule has 140 valence electrons. The maximum atomic E-state index is 12.8. The van der Waals surface area contributed by atoms with E-state index in [1.165, 1.54) is 0 Å². The van der Waals surface area contributed by atoms with E-state index in [0.717, 1.165) is 22.6 Å². The van der Waals surface area contributed by atoms with Crippen molar-refractivity contribution >= 4 is 22.8 Å². The Labute approximate surface area is 153 Å². The molecule has 3 rings (SSSR count). The maximum absolute atomic E-state index is 12.8. The first-order chi connectivity index (χ1) is 12.2. The molecule has 2 heterocycles. The smallest absolute Gasteiger partial charge is 0.228 e. The number of H-pyrrole nitrogens is 1. The summed E-state index contributed by atoms with van der Waals surface area (Å²) in [5.74, 6) is 1.31. The first-order valence-electron chi connectivity index (χ1n) is 8.78. The van der Waals surface area contributed by atoms with E-state index in [0.29, 0.717) is 13.0 Å². The predicted molar refractivity (Wildman–Crippen MR) is 98.9 cm³/mol. The van der Waals surface area contributed by atoms with Gasteiger partial charge in [0, 0.05) is 45.1 Å². The number of methoxy groups -OCH3 is 1. The fourth-order valence-electron chi connectivity index (χ4n) is 3.44. The zero-order valence-corrected chi connectivity index (χ0v) is 16.0. The fraction of sp³-hybridized carbons (Fsp3) is 0.526. The van der Waals surface area contributed by atoms with Crippen LogP contribution in [0, 0.1) is 5.92 Å². The number of amides is 2. The fourth-order valence-corrected chi connectivity index (χ4v) is 3.44. The summed E-state index contributed by atoms with van der Waals surface area (Å²) in [4.78, 5) is 36.0. The molecule has 0 saturated carbocycles. The zero-order valence-electron chi connectivity index (χ0n) is 16.0. The minimum Gasteiger partial charge on any atom is -0.497 e. The van der Waals surface area contributed by atoms with Crippen molar-refractivity contribution in [3.05, 3.63) is 24.0 Å². The number of carbonyl (C=O) groups is 2. The molecule has 2 aromatic rings. The van der Waals surface area contributed by atoms with Gasteiger partial charge in [-0.1, -0.05) is 0 Å². The first kappa shape index (κ1) is 18.2. The van der Waals surface area contributed by atoms with E-state index >= 15 is 0 Å². The van der Waals surface area contributed by atoms with Gasteiger partial charge in [0.2, 0.25) is 11.8 Å². The second kappa shape index (κ2) is 6.63. The third-order valence-electron chi connectivity index (χ3n) is 5.57. The van der Waals surface area contributed by atoms with Gasteiger partial charge in [0.15, 0.2) is 0 Å². The molecule has 0 radical (unpaired) electrons. The number of aromatic nitrogens is 2. The van der Waals surface area contributed by atoms with Crippen LogP contribution in [0.1, 0.15) is 26.1 Å². The summed E-state index contributed by atoms with van der Waals surface area (Å²) in [7, 11) is 5.18. The highest BCUT2D eigenvalue weighted by Crippen LogP contribution is 2.35. The van der Waals surface area contributed by atoms with Gasteiger partial charge < -0.3 is 19.5 Å². The molecule has 2 amide bonds. The van der Waals surface area contributed by atoms with Crippen molar-refractivity contribution in [2.45, 2.75) is 32.2 Å². The number of nitrogens with one attached hydrogen (secondary N) is 1. The third kappa shape index (κ3) is 3.13. The number of hydrogen-bond donors (Lipinski definition) is 1. The highest BCUT2D eigenvalue weighted by Gasteiger charge is 2.48. The standard InChI is InChI=1S/C19H26N4O3/c1-19(2)13(11-17(24)23(19)4)18(25)22(3)9-8-16-20-14-7-6-12(26-5)10-15(14)21-16/h6-7,10,13H,8-9,11H2,1-5H3,(H,20,21)/t13-/m1/s1. The molecule has 7 nitrogen and oxygen atoms in total. The van der Waals surface area contributed by atoms with Gasteiger partial charge in [-0.15, -0.1) is 0 Å². The molecule has 1 aromatic heterocycles. The van der Waals surface area contributed by atoms with Crippen LogP contribution in [0.4, 0.5) is 0 Å². The lowest BCUT2D eigenvalue weighted by Crippen LogP contribution is -2.47. The van der Waals surface area contributed by atoms with Crippen molar-refractivity contribution in [3.8, 4) is 5.75 Å². The number of aromatic amines is 1. The summed E-state index contributed by atoms with van der Waals surface area (Å²) in [5, 5.41) is 0. The number of hydrogen-bond acceptors (Lipinski definition) is 4. The number of benzene rings is 1. The number of imidazole rings is 1. The van der Waals surface area contributed by atoms with Gasteiger partial charge >= 0.3 is 0 Å². The summed E-state index contributed by atoms with van der Waals surface area (Å²) in [5.41, 5.74) is 1.33. The Morgan fingerprint density at radius 3 is 2.81 bits per heavy atom. The van der Waals surface area contributed by atoms with Crippen LogP contribution >= 0.6 is 0 Å². The van der Waals surface area contributed by atoms with Gasteiger partial charge in [0.25, 0.3) is 0 Å². The van der Waals surface area contributed by atoms with E-state index in [1.54, 1.807) is 31.0 Å². The summed E-state index contributed by atoms with van der Waals surface area (Å²) in [6.07, 6.45) is 0.896. The van der Waals surface area contributed by atoms with Crippen molar-refractivity contribution in [2.75, 3.05) is 27.7 Å². The van der Waals surface area contributed by atoms with Crippen molar-refractivity contribution < 1.29 is 14.3 Å². The number of ether oxygens (including phenoxy) is 1. The second-order valence-corrected chi connectivity index (χ2v) is 7.44. The van der Waals surface area contributed by atoms with Crippen LogP contribution in [-0.2, 0) is 16.0 Å². The maximum Gasteiger partial charge on any atom is 0.228 e. The zero-order chi connectivity index (χ0) is 19.1. The van der Waals surface area contributed by atoms with Gasteiger partial charge in [0.05, 0.1) is 24.1 Å². The largest absolute Gasteiger partial charge is 0.497 e. The van der Waals surface area contributed by atoms with Crippen LogP contribution in [0.5, 0.6) is 5.75 Å². The molecule has 1 aliphatic rings. The van der Waals surface area contributed by atoms with E-state index in [9.17, 15) is 9.59 Å². The molecule has 1 atom stereocenters. The molecule has 1 aromatic carbocycles. The van der Waals surface area contributed by atoms with Crippen LogP contribution in [0.2, 0.25) is 0 Å². The van der Waals surface area contributed by atoms with Crippen LogP contribution in [0.15, 0.2) is 18.2 Å². The predicted octanol–water partition coefficient (Wildman–Crippen LogP) is 1.83. The monoisotopic (exact) mass is 358 g/mol. The highest BCUT2D eigenvalue weighted by atomic mass is 16.5. The van der Waals surface area contributed by atoms with Gasteiger partial charge in [0.1, 0.15) is 11.6 Å². The summed E-state index contributed by atoms with van der Waals surface area (Å²) >= 11 is 0. The summed E-state index contributed by atoms with van der Waals surface area (Å²) < 4.78 is 5.22. The molecule has 0 unspecified atom stereocenters. The molecular weight excluding hydrogens is 332 g/mol. The second-order valence-electron chi connectivity index (χ2n) is 7.44. The topological polar surface area (TPSA) is 78.5 Å². The van der Waals surface area contributed by atoms with Gasteiger partial charge in [-0.05, 0) is 26.0 Å².